The predicted molar refractivity (Wildman–Crippen MR) is 110 cm³/mol. The van der Waals surface area contributed by atoms with E-state index < -0.39 is 0 Å². The molecule has 9 nitrogen and oxygen atoms in total. The standard InChI is InChI=1S/C22H28N4O5/c1-12(2)20-23-24-21(30-20)18-10-26(9-15(18)11-28-5)22(27)19-7-6-16(29-19)8-17-13(3)25-31-14(17)4/h6-7,12,15,18H,8-11H2,1-5H3/t15-,18+/m0/s1. The summed E-state index contributed by atoms with van der Waals surface area (Å²) in [6, 6.07) is 3.55. The lowest BCUT2D eigenvalue weighted by atomic mass is 9.97. The fourth-order valence-corrected chi connectivity index (χ4v) is 4.00. The molecule has 31 heavy (non-hydrogen) atoms. The van der Waals surface area contributed by atoms with E-state index in [-0.39, 0.29) is 23.7 Å². The molecule has 2 atom stereocenters. The first-order valence-electron chi connectivity index (χ1n) is 10.5. The molecule has 1 aliphatic rings. The normalized spacial score (nSPS) is 19.0. The van der Waals surface area contributed by atoms with Gasteiger partial charge < -0.3 is 23.0 Å². The highest BCUT2D eigenvalue weighted by Gasteiger charge is 2.40. The summed E-state index contributed by atoms with van der Waals surface area (Å²) >= 11 is 0. The minimum absolute atomic E-state index is 0.0689. The van der Waals surface area contributed by atoms with Gasteiger partial charge in [-0.25, -0.2) is 0 Å². The van der Waals surface area contributed by atoms with Crippen LogP contribution in [0.5, 0.6) is 0 Å². The van der Waals surface area contributed by atoms with Gasteiger partial charge in [-0.05, 0) is 26.0 Å². The summed E-state index contributed by atoms with van der Waals surface area (Å²) < 4.78 is 22.3. The van der Waals surface area contributed by atoms with Crippen LogP contribution in [0.4, 0.5) is 0 Å². The van der Waals surface area contributed by atoms with Crippen molar-refractivity contribution in [1.82, 2.24) is 20.3 Å². The molecule has 0 saturated carbocycles. The van der Waals surface area contributed by atoms with Gasteiger partial charge in [0.2, 0.25) is 11.8 Å². The molecule has 166 valence electrons. The number of carbonyl (C=O) groups excluding carboxylic acids is 1. The molecule has 1 aliphatic heterocycles. The molecule has 4 heterocycles. The average molecular weight is 428 g/mol. The minimum Gasteiger partial charge on any atom is -0.456 e. The first-order valence-corrected chi connectivity index (χ1v) is 10.5. The number of amides is 1. The van der Waals surface area contributed by atoms with Gasteiger partial charge in [-0.15, -0.1) is 10.2 Å². The fourth-order valence-electron chi connectivity index (χ4n) is 4.00. The Bertz CT molecular complexity index is 1030. The summed E-state index contributed by atoms with van der Waals surface area (Å²) in [5.74, 6) is 2.93. The van der Waals surface area contributed by atoms with E-state index in [1.807, 2.05) is 33.8 Å². The van der Waals surface area contributed by atoms with Crippen molar-refractivity contribution in [3.63, 3.8) is 0 Å². The minimum atomic E-state index is -0.155. The first kappa shape index (κ1) is 21.3. The number of carbonyl (C=O) groups is 1. The van der Waals surface area contributed by atoms with Crippen molar-refractivity contribution in [3.8, 4) is 0 Å². The molecular formula is C22H28N4O5. The third kappa shape index (κ3) is 4.27. The number of furan rings is 1. The van der Waals surface area contributed by atoms with E-state index in [4.69, 9.17) is 18.1 Å². The van der Waals surface area contributed by atoms with E-state index >= 15 is 0 Å². The predicted octanol–water partition coefficient (Wildman–Crippen LogP) is 3.48. The van der Waals surface area contributed by atoms with Gasteiger partial charge in [0, 0.05) is 44.0 Å². The van der Waals surface area contributed by atoms with Crippen molar-refractivity contribution < 1.29 is 22.9 Å². The number of ether oxygens (including phenoxy) is 1. The van der Waals surface area contributed by atoms with E-state index in [2.05, 4.69) is 15.4 Å². The lowest BCUT2D eigenvalue weighted by Crippen LogP contribution is -2.29. The number of likely N-dealkylation sites (tertiary alicyclic amines) is 1. The second-order valence-electron chi connectivity index (χ2n) is 8.41. The van der Waals surface area contributed by atoms with Crippen LogP contribution in [0.1, 0.15) is 70.8 Å². The number of methoxy groups -OCH3 is 1. The average Bonchev–Trinajstić information content (AvgIpc) is 3.52. The summed E-state index contributed by atoms with van der Waals surface area (Å²) in [7, 11) is 1.66. The Labute approximate surface area is 180 Å². The quantitative estimate of drug-likeness (QED) is 0.563. The third-order valence-corrected chi connectivity index (χ3v) is 5.78. The fraction of sp³-hybridized carbons (Fsp3) is 0.545. The highest BCUT2D eigenvalue weighted by Crippen LogP contribution is 2.34. The zero-order valence-electron chi connectivity index (χ0n) is 18.5. The Balaban J connectivity index is 1.49. The Kier molecular flexibility index (Phi) is 5.95. The molecule has 4 rings (SSSR count). The monoisotopic (exact) mass is 428 g/mol. The Morgan fingerprint density at radius 1 is 1.23 bits per heavy atom. The molecule has 0 radical (unpaired) electrons. The highest BCUT2D eigenvalue weighted by atomic mass is 16.5. The zero-order valence-corrected chi connectivity index (χ0v) is 18.5. The van der Waals surface area contributed by atoms with Crippen molar-refractivity contribution in [2.75, 3.05) is 26.8 Å². The molecule has 0 spiro atoms. The topological polar surface area (TPSA) is 108 Å². The summed E-state index contributed by atoms with van der Waals surface area (Å²) in [5, 5.41) is 12.3. The van der Waals surface area contributed by atoms with Crippen LogP contribution in [0.25, 0.3) is 0 Å². The Morgan fingerprint density at radius 3 is 2.68 bits per heavy atom. The van der Waals surface area contributed by atoms with Crippen molar-refractivity contribution in [1.29, 1.82) is 0 Å². The van der Waals surface area contributed by atoms with E-state index in [0.29, 0.717) is 49.4 Å². The van der Waals surface area contributed by atoms with Gasteiger partial charge in [0.15, 0.2) is 5.76 Å². The van der Waals surface area contributed by atoms with E-state index in [9.17, 15) is 4.79 Å². The third-order valence-electron chi connectivity index (χ3n) is 5.78. The van der Waals surface area contributed by atoms with E-state index in [1.54, 1.807) is 18.1 Å². The summed E-state index contributed by atoms with van der Waals surface area (Å²) in [5.41, 5.74) is 1.80. The van der Waals surface area contributed by atoms with E-state index in [0.717, 1.165) is 17.0 Å². The molecule has 3 aromatic heterocycles. The molecule has 1 saturated heterocycles. The van der Waals surface area contributed by atoms with E-state index in [1.165, 1.54) is 0 Å². The number of rotatable bonds is 7. The number of aromatic nitrogens is 3. The molecule has 3 aromatic rings. The first-order chi connectivity index (χ1) is 14.9. The molecular weight excluding hydrogens is 400 g/mol. The second kappa shape index (κ2) is 8.66. The molecule has 0 unspecified atom stereocenters. The van der Waals surface area contributed by atoms with Gasteiger partial charge in [0.05, 0.1) is 18.2 Å². The van der Waals surface area contributed by atoms with Crippen LogP contribution < -0.4 is 0 Å². The highest BCUT2D eigenvalue weighted by molar-refractivity contribution is 5.91. The number of nitrogens with zero attached hydrogens (tertiary/aromatic N) is 4. The molecule has 0 aliphatic carbocycles. The maximum absolute atomic E-state index is 13.1. The van der Waals surface area contributed by atoms with Crippen molar-refractivity contribution in [3.05, 3.63) is 52.5 Å². The van der Waals surface area contributed by atoms with Crippen LogP contribution in [-0.4, -0.2) is 53.0 Å². The summed E-state index contributed by atoms with van der Waals surface area (Å²) in [6.45, 7) is 9.29. The summed E-state index contributed by atoms with van der Waals surface area (Å²) in [4.78, 5) is 14.9. The molecule has 1 amide bonds. The maximum atomic E-state index is 13.1. The van der Waals surface area contributed by atoms with Gasteiger partial charge in [0.25, 0.3) is 5.91 Å². The van der Waals surface area contributed by atoms with Crippen LogP contribution in [0.2, 0.25) is 0 Å². The number of hydrogen-bond acceptors (Lipinski definition) is 8. The van der Waals surface area contributed by atoms with Crippen LogP contribution >= 0.6 is 0 Å². The molecule has 1 fully saturated rings. The van der Waals surface area contributed by atoms with Gasteiger partial charge in [-0.3, -0.25) is 4.79 Å². The van der Waals surface area contributed by atoms with Crippen molar-refractivity contribution in [2.24, 2.45) is 5.92 Å². The van der Waals surface area contributed by atoms with Crippen LogP contribution in [0.15, 0.2) is 25.5 Å². The molecule has 0 aromatic carbocycles. The molecule has 0 bridgehead atoms. The lowest BCUT2D eigenvalue weighted by molar-refractivity contribution is 0.0742. The molecule has 9 heteroatoms. The van der Waals surface area contributed by atoms with Gasteiger partial charge >= 0.3 is 0 Å². The van der Waals surface area contributed by atoms with Crippen LogP contribution in [0, 0.1) is 19.8 Å². The van der Waals surface area contributed by atoms with Crippen molar-refractivity contribution in [2.45, 2.75) is 46.0 Å². The number of aryl methyl sites for hydroxylation is 2. The number of hydrogen-bond donors (Lipinski definition) is 0. The zero-order chi connectivity index (χ0) is 22.1. The lowest BCUT2D eigenvalue weighted by Gasteiger charge is -2.14. The van der Waals surface area contributed by atoms with Gasteiger partial charge in [0.1, 0.15) is 11.5 Å². The van der Waals surface area contributed by atoms with Gasteiger partial charge in [-0.2, -0.15) is 0 Å². The maximum Gasteiger partial charge on any atom is 0.289 e. The Morgan fingerprint density at radius 2 is 2.03 bits per heavy atom. The van der Waals surface area contributed by atoms with Crippen LogP contribution in [-0.2, 0) is 11.2 Å². The SMILES string of the molecule is COC[C@@H]1CN(C(=O)c2ccc(Cc3c(C)noc3C)o2)C[C@H]1c1nnc(C(C)C)o1. The summed E-state index contributed by atoms with van der Waals surface area (Å²) in [6.07, 6.45) is 0.531. The van der Waals surface area contributed by atoms with Crippen molar-refractivity contribution >= 4 is 5.91 Å². The second-order valence-corrected chi connectivity index (χ2v) is 8.41. The largest absolute Gasteiger partial charge is 0.456 e. The Hall–Kier alpha value is -2.94. The smallest absolute Gasteiger partial charge is 0.289 e. The van der Waals surface area contributed by atoms with Gasteiger partial charge in [-0.1, -0.05) is 19.0 Å². The molecule has 0 N–H and O–H groups in total. The van der Waals surface area contributed by atoms with Crippen LogP contribution in [0.3, 0.4) is 0 Å².